The number of halogens is 4. The van der Waals surface area contributed by atoms with E-state index in [4.69, 9.17) is 29.0 Å². The van der Waals surface area contributed by atoms with E-state index in [1.807, 2.05) is 0 Å². The average Bonchev–Trinajstić information content (AvgIpc) is 2.43. The van der Waals surface area contributed by atoms with E-state index >= 15 is 0 Å². The number of nitrogens with two attached hydrogens (primary N) is 1. The minimum Gasteiger partial charge on any atom is -0.271 e. The van der Waals surface area contributed by atoms with Crippen molar-refractivity contribution in [2.24, 2.45) is 5.84 Å². The van der Waals surface area contributed by atoms with Gasteiger partial charge in [-0.05, 0) is 36.2 Å². The molecule has 2 nitrogen and oxygen atoms in total. The Morgan fingerprint density at radius 2 is 1.75 bits per heavy atom. The zero-order valence-corrected chi connectivity index (χ0v) is 12.1. The molecular formula is C14H12Cl2F2N2. The molecule has 2 rings (SSSR count). The minimum absolute atomic E-state index is 0.0692. The largest absolute Gasteiger partial charge is 0.271 e. The maximum absolute atomic E-state index is 14.1. The molecule has 2 aromatic carbocycles. The van der Waals surface area contributed by atoms with Crippen LogP contribution in [-0.2, 0) is 0 Å². The Bertz CT molecular complexity index is 647. The van der Waals surface area contributed by atoms with Gasteiger partial charge in [0.05, 0.1) is 6.04 Å². The van der Waals surface area contributed by atoms with Crippen LogP contribution >= 0.6 is 23.2 Å². The van der Waals surface area contributed by atoms with Gasteiger partial charge in [-0.2, -0.15) is 0 Å². The molecule has 0 radical (unpaired) electrons. The van der Waals surface area contributed by atoms with Crippen LogP contribution in [0.5, 0.6) is 0 Å². The van der Waals surface area contributed by atoms with Crippen molar-refractivity contribution in [3.8, 4) is 0 Å². The van der Waals surface area contributed by atoms with Gasteiger partial charge in [0.1, 0.15) is 0 Å². The Kier molecular flexibility index (Phi) is 4.60. The molecule has 0 aliphatic rings. The molecule has 0 aromatic heterocycles. The fraction of sp³-hybridized carbons (Fsp3) is 0.143. The fourth-order valence-electron chi connectivity index (χ4n) is 1.97. The second kappa shape index (κ2) is 6.06. The van der Waals surface area contributed by atoms with Crippen LogP contribution in [0.1, 0.15) is 22.7 Å². The monoisotopic (exact) mass is 316 g/mol. The highest BCUT2D eigenvalue weighted by atomic mass is 35.5. The number of nitrogens with one attached hydrogen (secondary N) is 1. The van der Waals surface area contributed by atoms with Crippen molar-refractivity contribution in [1.29, 1.82) is 0 Å². The van der Waals surface area contributed by atoms with Crippen LogP contribution in [0.4, 0.5) is 8.78 Å². The summed E-state index contributed by atoms with van der Waals surface area (Å²) < 4.78 is 27.8. The predicted molar refractivity (Wildman–Crippen MR) is 76.7 cm³/mol. The first-order chi connectivity index (χ1) is 9.45. The first kappa shape index (κ1) is 15.2. The Morgan fingerprint density at radius 1 is 1.05 bits per heavy atom. The molecule has 0 heterocycles. The summed E-state index contributed by atoms with van der Waals surface area (Å²) in [5, 5.41) is 0.787. The number of benzene rings is 2. The number of rotatable bonds is 3. The lowest BCUT2D eigenvalue weighted by Crippen LogP contribution is -2.30. The molecule has 20 heavy (non-hydrogen) atoms. The molecule has 0 aliphatic carbocycles. The average molecular weight is 317 g/mol. The van der Waals surface area contributed by atoms with Gasteiger partial charge in [-0.25, -0.2) is 14.2 Å². The van der Waals surface area contributed by atoms with Crippen molar-refractivity contribution >= 4 is 23.2 Å². The summed E-state index contributed by atoms with van der Waals surface area (Å²) in [4.78, 5) is 0. The maximum atomic E-state index is 14.1. The second-order valence-corrected chi connectivity index (χ2v) is 5.21. The standard InChI is InChI=1S/C14H12Cl2F2N2/c1-7-2-4-9(13(18)12(7)17)14(20-19)10-6-8(15)3-5-11(10)16/h2-6,14,20H,19H2,1H3. The maximum Gasteiger partial charge on any atom is 0.164 e. The third-order valence-electron chi connectivity index (χ3n) is 3.05. The van der Waals surface area contributed by atoms with Crippen molar-refractivity contribution in [2.75, 3.05) is 0 Å². The van der Waals surface area contributed by atoms with E-state index in [1.165, 1.54) is 19.1 Å². The van der Waals surface area contributed by atoms with E-state index in [9.17, 15) is 8.78 Å². The Labute approximate surface area is 125 Å². The summed E-state index contributed by atoms with van der Waals surface area (Å²) in [5.74, 6) is 3.62. The third kappa shape index (κ3) is 2.79. The van der Waals surface area contributed by atoms with E-state index in [1.54, 1.807) is 18.2 Å². The molecule has 0 bridgehead atoms. The molecule has 2 aromatic rings. The lowest BCUT2D eigenvalue weighted by molar-refractivity contribution is 0.478. The highest BCUT2D eigenvalue weighted by molar-refractivity contribution is 6.33. The highest BCUT2D eigenvalue weighted by Crippen LogP contribution is 2.32. The topological polar surface area (TPSA) is 38.0 Å². The first-order valence-electron chi connectivity index (χ1n) is 5.81. The zero-order valence-electron chi connectivity index (χ0n) is 10.6. The van der Waals surface area contributed by atoms with Gasteiger partial charge in [0.15, 0.2) is 11.6 Å². The molecule has 0 aliphatic heterocycles. The number of aryl methyl sites for hydroxylation is 1. The normalized spacial score (nSPS) is 12.5. The number of hydrazine groups is 1. The lowest BCUT2D eigenvalue weighted by Gasteiger charge is -2.19. The Hall–Kier alpha value is -1.20. The van der Waals surface area contributed by atoms with Gasteiger partial charge in [-0.15, -0.1) is 0 Å². The summed E-state index contributed by atoms with van der Waals surface area (Å²) in [6.45, 7) is 1.49. The molecule has 0 amide bonds. The van der Waals surface area contributed by atoms with Crippen LogP contribution < -0.4 is 11.3 Å². The zero-order chi connectivity index (χ0) is 14.9. The summed E-state index contributed by atoms with van der Waals surface area (Å²) in [6.07, 6.45) is 0. The number of hydrogen-bond donors (Lipinski definition) is 2. The fourth-order valence-corrected chi connectivity index (χ4v) is 2.37. The van der Waals surface area contributed by atoms with E-state index in [2.05, 4.69) is 5.43 Å². The van der Waals surface area contributed by atoms with Crippen LogP contribution in [0.25, 0.3) is 0 Å². The van der Waals surface area contributed by atoms with Crippen LogP contribution in [0.2, 0.25) is 10.0 Å². The van der Waals surface area contributed by atoms with Crippen molar-refractivity contribution in [1.82, 2.24) is 5.43 Å². The van der Waals surface area contributed by atoms with Gasteiger partial charge in [-0.3, -0.25) is 5.84 Å². The van der Waals surface area contributed by atoms with Crippen molar-refractivity contribution in [3.05, 3.63) is 68.7 Å². The van der Waals surface area contributed by atoms with Crippen molar-refractivity contribution in [3.63, 3.8) is 0 Å². The van der Waals surface area contributed by atoms with Crippen LogP contribution in [0.15, 0.2) is 30.3 Å². The highest BCUT2D eigenvalue weighted by Gasteiger charge is 2.22. The van der Waals surface area contributed by atoms with Gasteiger partial charge >= 0.3 is 0 Å². The predicted octanol–water partition coefficient (Wildman–Crippen LogP) is 4.13. The molecule has 6 heteroatoms. The van der Waals surface area contributed by atoms with Crippen LogP contribution in [-0.4, -0.2) is 0 Å². The molecule has 0 saturated heterocycles. The summed E-state index contributed by atoms with van der Waals surface area (Å²) in [6, 6.07) is 6.90. The Balaban J connectivity index is 2.58. The van der Waals surface area contributed by atoms with Crippen LogP contribution in [0, 0.1) is 18.6 Å². The van der Waals surface area contributed by atoms with Gasteiger partial charge in [-0.1, -0.05) is 35.3 Å². The van der Waals surface area contributed by atoms with Gasteiger partial charge in [0.25, 0.3) is 0 Å². The van der Waals surface area contributed by atoms with Gasteiger partial charge in [0, 0.05) is 15.6 Å². The van der Waals surface area contributed by atoms with Gasteiger partial charge < -0.3 is 0 Å². The molecular weight excluding hydrogens is 305 g/mol. The first-order valence-corrected chi connectivity index (χ1v) is 6.57. The van der Waals surface area contributed by atoms with Crippen molar-refractivity contribution < 1.29 is 8.78 Å². The SMILES string of the molecule is Cc1ccc(C(NN)c2cc(Cl)ccc2Cl)c(F)c1F. The van der Waals surface area contributed by atoms with E-state index < -0.39 is 17.7 Å². The molecule has 0 fully saturated rings. The smallest absolute Gasteiger partial charge is 0.164 e. The quantitative estimate of drug-likeness (QED) is 0.660. The lowest BCUT2D eigenvalue weighted by atomic mass is 9.97. The summed E-state index contributed by atoms with van der Waals surface area (Å²) in [5.41, 5.74) is 3.21. The molecule has 3 N–H and O–H groups in total. The molecule has 106 valence electrons. The van der Waals surface area contributed by atoms with E-state index in [0.717, 1.165) is 0 Å². The molecule has 1 unspecified atom stereocenters. The third-order valence-corrected chi connectivity index (χ3v) is 3.63. The van der Waals surface area contributed by atoms with E-state index in [-0.39, 0.29) is 11.1 Å². The second-order valence-electron chi connectivity index (χ2n) is 4.37. The molecule has 1 atom stereocenters. The van der Waals surface area contributed by atoms with Crippen LogP contribution in [0.3, 0.4) is 0 Å². The minimum atomic E-state index is -0.955. The molecule has 0 saturated carbocycles. The Morgan fingerprint density at radius 3 is 2.40 bits per heavy atom. The summed E-state index contributed by atoms with van der Waals surface area (Å²) >= 11 is 12.0. The van der Waals surface area contributed by atoms with E-state index in [0.29, 0.717) is 15.6 Å². The van der Waals surface area contributed by atoms with Gasteiger partial charge in [0.2, 0.25) is 0 Å². The number of hydrogen-bond acceptors (Lipinski definition) is 2. The molecule has 0 spiro atoms. The summed E-state index contributed by atoms with van der Waals surface area (Å²) in [7, 11) is 0. The van der Waals surface area contributed by atoms with Crippen molar-refractivity contribution in [2.45, 2.75) is 13.0 Å².